The number of hydrazone groups is 1. The van der Waals surface area contributed by atoms with Crippen molar-refractivity contribution in [3.63, 3.8) is 0 Å². The Kier molecular flexibility index (Phi) is 5.19. The van der Waals surface area contributed by atoms with Gasteiger partial charge >= 0.3 is 0 Å². The monoisotopic (exact) mass is 438 g/mol. The zero-order chi connectivity index (χ0) is 16.9. The SMILES string of the molecule is COc1ccc(/C=N\NC(=O)c2ccc3c(c2)OCCO3)cc1I. The first-order valence-electron chi connectivity index (χ1n) is 7.24. The van der Waals surface area contributed by atoms with Crippen molar-refractivity contribution in [2.75, 3.05) is 20.3 Å². The van der Waals surface area contributed by atoms with Gasteiger partial charge in [-0.3, -0.25) is 4.79 Å². The number of rotatable bonds is 4. The minimum Gasteiger partial charge on any atom is -0.496 e. The highest BCUT2D eigenvalue weighted by Crippen LogP contribution is 2.30. The highest BCUT2D eigenvalue weighted by molar-refractivity contribution is 14.1. The van der Waals surface area contributed by atoms with Crippen LogP contribution in [0.3, 0.4) is 0 Å². The summed E-state index contributed by atoms with van der Waals surface area (Å²) >= 11 is 2.18. The maximum atomic E-state index is 12.1. The van der Waals surface area contributed by atoms with Crippen LogP contribution in [0.25, 0.3) is 0 Å². The fourth-order valence-electron chi connectivity index (χ4n) is 2.18. The lowest BCUT2D eigenvalue weighted by Crippen LogP contribution is -2.19. The lowest BCUT2D eigenvalue weighted by molar-refractivity contribution is 0.0954. The molecule has 2 aromatic carbocycles. The number of halogens is 1. The minimum absolute atomic E-state index is 0.313. The van der Waals surface area contributed by atoms with Gasteiger partial charge in [-0.1, -0.05) is 0 Å². The Morgan fingerprint density at radius 2 is 2.00 bits per heavy atom. The molecule has 0 radical (unpaired) electrons. The number of benzene rings is 2. The van der Waals surface area contributed by atoms with Gasteiger partial charge in [-0.05, 0) is 64.6 Å². The average Bonchev–Trinajstić information content (AvgIpc) is 2.61. The maximum absolute atomic E-state index is 12.1. The first-order valence-corrected chi connectivity index (χ1v) is 8.32. The zero-order valence-corrected chi connectivity index (χ0v) is 15.1. The van der Waals surface area contributed by atoms with E-state index in [9.17, 15) is 4.79 Å². The van der Waals surface area contributed by atoms with Gasteiger partial charge in [0, 0.05) is 5.56 Å². The molecule has 0 aliphatic carbocycles. The third-order valence-corrected chi connectivity index (χ3v) is 4.20. The van der Waals surface area contributed by atoms with Gasteiger partial charge < -0.3 is 14.2 Å². The van der Waals surface area contributed by atoms with Crippen molar-refractivity contribution >= 4 is 34.7 Å². The van der Waals surface area contributed by atoms with E-state index in [0.717, 1.165) is 14.9 Å². The van der Waals surface area contributed by atoms with E-state index >= 15 is 0 Å². The maximum Gasteiger partial charge on any atom is 0.271 e. The van der Waals surface area contributed by atoms with Crippen LogP contribution in [0.1, 0.15) is 15.9 Å². The number of amides is 1. The molecule has 124 valence electrons. The predicted molar refractivity (Wildman–Crippen MR) is 98.2 cm³/mol. The van der Waals surface area contributed by atoms with E-state index in [2.05, 4.69) is 33.1 Å². The van der Waals surface area contributed by atoms with Crippen LogP contribution in [-0.4, -0.2) is 32.4 Å². The molecule has 1 aliphatic rings. The molecule has 2 aromatic rings. The van der Waals surface area contributed by atoms with Crippen molar-refractivity contribution in [1.82, 2.24) is 5.43 Å². The Bertz CT molecular complexity index is 792. The number of hydrogen-bond donors (Lipinski definition) is 1. The summed E-state index contributed by atoms with van der Waals surface area (Å²) in [5.74, 6) is 1.70. The number of nitrogens with one attached hydrogen (secondary N) is 1. The largest absolute Gasteiger partial charge is 0.496 e. The van der Waals surface area contributed by atoms with E-state index < -0.39 is 0 Å². The summed E-state index contributed by atoms with van der Waals surface area (Å²) in [6.45, 7) is 0.996. The van der Waals surface area contributed by atoms with Gasteiger partial charge in [0.2, 0.25) is 0 Å². The first kappa shape index (κ1) is 16.6. The second-order valence-electron chi connectivity index (χ2n) is 4.95. The normalized spacial score (nSPS) is 12.9. The molecule has 1 aliphatic heterocycles. The molecule has 1 heterocycles. The highest BCUT2D eigenvalue weighted by Gasteiger charge is 2.14. The van der Waals surface area contributed by atoms with Gasteiger partial charge in [0.25, 0.3) is 5.91 Å². The topological polar surface area (TPSA) is 69.2 Å². The third kappa shape index (κ3) is 3.78. The Labute approximate surface area is 152 Å². The van der Waals surface area contributed by atoms with Crippen molar-refractivity contribution in [3.05, 3.63) is 51.1 Å². The summed E-state index contributed by atoms with van der Waals surface area (Å²) in [5.41, 5.74) is 3.83. The van der Waals surface area contributed by atoms with Crippen LogP contribution in [0, 0.1) is 3.57 Å². The van der Waals surface area contributed by atoms with E-state index in [1.54, 1.807) is 31.5 Å². The molecular weight excluding hydrogens is 423 g/mol. The van der Waals surface area contributed by atoms with Gasteiger partial charge in [-0.2, -0.15) is 5.10 Å². The number of carbonyl (C=O) groups is 1. The second kappa shape index (κ2) is 7.52. The Morgan fingerprint density at radius 3 is 2.75 bits per heavy atom. The number of nitrogens with zero attached hydrogens (tertiary/aromatic N) is 1. The van der Waals surface area contributed by atoms with Crippen molar-refractivity contribution < 1.29 is 19.0 Å². The van der Waals surface area contributed by atoms with E-state index in [-0.39, 0.29) is 5.91 Å². The van der Waals surface area contributed by atoms with E-state index in [1.165, 1.54) is 0 Å². The number of hydrogen-bond acceptors (Lipinski definition) is 5. The standard InChI is InChI=1S/C17H15IN2O4/c1-22-14-4-2-11(8-13(14)18)10-19-20-17(21)12-3-5-15-16(9-12)24-7-6-23-15/h2-5,8-10H,6-7H2,1H3,(H,20,21)/b19-10-. The van der Waals surface area contributed by atoms with E-state index in [1.807, 2.05) is 18.2 Å². The molecule has 3 rings (SSSR count). The minimum atomic E-state index is -0.313. The third-order valence-electron chi connectivity index (χ3n) is 3.36. The molecule has 1 amide bonds. The van der Waals surface area contributed by atoms with Crippen LogP contribution in [0.2, 0.25) is 0 Å². The second-order valence-corrected chi connectivity index (χ2v) is 6.11. The van der Waals surface area contributed by atoms with Crippen LogP contribution >= 0.6 is 22.6 Å². The molecule has 0 atom stereocenters. The molecule has 24 heavy (non-hydrogen) atoms. The van der Waals surface area contributed by atoms with Gasteiger partial charge in [-0.25, -0.2) is 5.43 Å². The lowest BCUT2D eigenvalue weighted by atomic mass is 10.2. The molecule has 1 N–H and O–H groups in total. The fraction of sp³-hybridized carbons (Fsp3) is 0.176. The van der Waals surface area contributed by atoms with Crippen LogP contribution in [0.5, 0.6) is 17.2 Å². The number of fused-ring (bicyclic) bond motifs is 1. The molecule has 0 saturated heterocycles. The Morgan fingerprint density at radius 1 is 1.21 bits per heavy atom. The summed E-state index contributed by atoms with van der Waals surface area (Å²) in [6.07, 6.45) is 1.58. The van der Waals surface area contributed by atoms with Crippen LogP contribution < -0.4 is 19.6 Å². The lowest BCUT2D eigenvalue weighted by Gasteiger charge is -2.18. The van der Waals surface area contributed by atoms with Crippen LogP contribution in [0.4, 0.5) is 0 Å². The highest BCUT2D eigenvalue weighted by atomic mass is 127. The van der Waals surface area contributed by atoms with Crippen molar-refractivity contribution in [3.8, 4) is 17.2 Å². The predicted octanol–water partition coefficient (Wildman–Crippen LogP) is 2.83. The fourth-order valence-corrected chi connectivity index (χ4v) is 2.94. The number of methoxy groups -OCH3 is 1. The van der Waals surface area contributed by atoms with Gasteiger partial charge in [0.1, 0.15) is 19.0 Å². The zero-order valence-electron chi connectivity index (χ0n) is 12.9. The van der Waals surface area contributed by atoms with E-state index in [0.29, 0.717) is 30.3 Å². The summed E-state index contributed by atoms with van der Waals surface area (Å²) in [7, 11) is 1.62. The van der Waals surface area contributed by atoms with Gasteiger partial charge in [0.05, 0.1) is 16.9 Å². The molecule has 0 aromatic heterocycles. The molecule has 0 bridgehead atoms. The number of carbonyl (C=O) groups excluding carboxylic acids is 1. The van der Waals surface area contributed by atoms with Crippen molar-refractivity contribution in [1.29, 1.82) is 0 Å². The summed E-state index contributed by atoms with van der Waals surface area (Å²) in [6, 6.07) is 10.7. The molecule has 0 unspecified atom stereocenters. The quantitative estimate of drug-likeness (QED) is 0.453. The smallest absolute Gasteiger partial charge is 0.271 e. The van der Waals surface area contributed by atoms with E-state index in [4.69, 9.17) is 14.2 Å². The molecule has 0 saturated carbocycles. The molecule has 0 fully saturated rings. The number of ether oxygens (including phenoxy) is 3. The van der Waals surface area contributed by atoms with Gasteiger partial charge in [-0.15, -0.1) is 0 Å². The Balaban J connectivity index is 1.66. The Hall–Kier alpha value is -2.29. The van der Waals surface area contributed by atoms with Crippen molar-refractivity contribution in [2.24, 2.45) is 5.10 Å². The summed E-state index contributed by atoms with van der Waals surface area (Å²) in [5, 5.41) is 3.99. The molecule has 7 heteroatoms. The van der Waals surface area contributed by atoms with Crippen LogP contribution in [0.15, 0.2) is 41.5 Å². The summed E-state index contributed by atoms with van der Waals surface area (Å²) in [4.78, 5) is 12.1. The molecule has 0 spiro atoms. The first-order chi connectivity index (χ1) is 11.7. The average molecular weight is 438 g/mol. The molecular formula is C17H15IN2O4. The summed E-state index contributed by atoms with van der Waals surface area (Å²) < 4.78 is 17.1. The van der Waals surface area contributed by atoms with Crippen molar-refractivity contribution in [2.45, 2.75) is 0 Å². The molecule has 6 nitrogen and oxygen atoms in total. The van der Waals surface area contributed by atoms with Gasteiger partial charge in [0.15, 0.2) is 11.5 Å². The van der Waals surface area contributed by atoms with Crippen LogP contribution in [-0.2, 0) is 0 Å².